The second-order valence-electron chi connectivity index (χ2n) is 6.65. The van der Waals surface area contributed by atoms with E-state index in [1.165, 1.54) is 0 Å². The fourth-order valence-corrected chi connectivity index (χ4v) is 6.13. The van der Waals surface area contributed by atoms with Gasteiger partial charge in [0.15, 0.2) is 9.84 Å². The van der Waals surface area contributed by atoms with Gasteiger partial charge in [0.05, 0.1) is 41.0 Å². The van der Waals surface area contributed by atoms with Crippen molar-refractivity contribution >= 4 is 9.84 Å². The van der Waals surface area contributed by atoms with Crippen LogP contribution in [0.25, 0.3) is 11.3 Å². The van der Waals surface area contributed by atoms with Crippen LogP contribution in [0.2, 0.25) is 0 Å². The van der Waals surface area contributed by atoms with Gasteiger partial charge >= 0.3 is 0 Å². The van der Waals surface area contributed by atoms with Crippen LogP contribution in [-0.4, -0.2) is 28.8 Å². The third kappa shape index (κ3) is 1.98. The van der Waals surface area contributed by atoms with Crippen molar-refractivity contribution in [3.05, 3.63) is 72.2 Å². The molecule has 126 valence electrons. The topological polar surface area (TPSA) is 72.2 Å². The van der Waals surface area contributed by atoms with Crippen molar-refractivity contribution in [1.82, 2.24) is 9.55 Å². The Kier molecular flexibility index (Phi) is 2.99. The van der Waals surface area contributed by atoms with E-state index in [2.05, 4.69) is 4.98 Å². The fourth-order valence-electron chi connectivity index (χ4n) is 4.25. The summed E-state index contributed by atoms with van der Waals surface area (Å²) in [6, 6.07) is 14.4. The van der Waals surface area contributed by atoms with Crippen molar-refractivity contribution in [3.8, 4) is 11.3 Å². The molecule has 1 N–H and O–H groups in total. The Morgan fingerprint density at radius 2 is 1.76 bits per heavy atom. The number of hydrogen-bond acceptors (Lipinski definition) is 4. The normalized spacial score (nSPS) is 25.9. The summed E-state index contributed by atoms with van der Waals surface area (Å²) >= 11 is 0. The fraction of sp³-hybridized carbons (Fsp3) is 0.211. The van der Waals surface area contributed by atoms with E-state index in [0.717, 1.165) is 16.8 Å². The Hall–Kier alpha value is -2.44. The molecule has 0 amide bonds. The maximum atomic E-state index is 12.8. The second kappa shape index (κ2) is 5.03. The molecule has 0 radical (unpaired) electrons. The minimum atomic E-state index is -3.44. The molecule has 0 saturated heterocycles. The predicted molar refractivity (Wildman–Crippen MR) is 92.7 cm³/mol. The van der Waals surface area contributed by atoms with Gasteiger partial charge in [0.2, 0.25) is 0 Å². The van der Waals surface area contributed by atoms with E-state index in [1.54, 1.807) is 36.8 Å². The number of rotatable bonds is 1. The van der Waals surface area contributed by atoms with Crippen LogP contribution in [0.3, 0.4) is 0 Å². The van der Waals surface area contributed by atoms with E-state index in [0.29, 0.717) is 5.56 Å². The minimum absolute atomic E-state index is 0.0815. The molecule has 0 bridgehead atoms. The van der Waals surface area contributed by atoms with Crippen LogP contribution in [0.1, 0.15) is 23.3 Å². The van der Waals surface area contributed by atoms with Crippen LogP contribution in [0, 0.1) is 5.92 Å². The first-order valence-corrected chi connectivity index (χ1v) is 9.84. The highest BCUT2D eigenvalue weighted by Crippen LogP contribution is 2.49. The lowest BCUT2D eigenvalue weighted by Gasteiger charge is -2.34. The summed E-state index contributed by atoms with van der Waals surface area (Å²) in [4.78, 5) is 4.47. The SMILES string of the molecule is O=S1(=O)CC(C2c3ccccc3-c3cncn32)C(O)c2ccccc21. The zero-order valence-corrected chi connectivity index (χ0v) is 14.1. The van der Waals surface area contributed by atoms with Crippen molar-refractivity contribution < 1.29 is 13.5 Å². The summed E-state index contributed by atoms with van der Waals surface area (Å²) in [6.07, 6.45) is 2.67. The zero-order chi connectivity index (χ0) is 17.2. The van der Waals surface area contributed by atoms with Gasteiger partial charge in [0.25, 0.3) is 0 Å². The first-order valence-electron chi connectivity index (χ1n) is 8.19. The molecule has 5 nitrogen and oxygen atoms in total. The molecule has 25 heavy (non-hydrogen) atoms. The molecule has 3 atom stereocenters. The monoisotopic (exact) mass is 352 g/mol. The lowest BCUT2D eigenvalue weighted by molar-refractivity contribution is 0.0923. The van der Waals surface area contributed by atoms with Crippen LogP contribution in [0.15, 0.2) is 66.0 Å². The average molecular weight is 352 g/mol. The van der Waals surface area contributed by atoms with Gasteiger partial charge in [-0.1, -0.05) is 42.5 Å². The molecular weight excluding hydrogens is 336 g/mol. The first kappa shape index (κ1) is 14.9. The summed E-state index contributed by atoms with van der Waals surface area (Å²) < 4.78 is 27.6. The Morgan fingerprint density at radius 3 is 2.60 bits per heavy atom. The van der Waals surface area contributed by atoms with Gasteiger partial charge in [-0.15, -0.1) is 0 Å². The van der Waals surface area contributed by atoms with E-state index in [9.17, 15) is 13.5 Å². The summed E-state index contributed by atoms with van der Waals surface area (Å²) in [5.41, 5.74) is 3.54. The standard InChI is InChI=1S/C19H16N2O3S/c22-19-14-7-3-4-8-17(14)25(23,24)10-15(19)18-13-6-2-1-5-12(13)16-9-20-11-21(16)18/h1-9,11,15,18-19,22H,10H2. The Bertz CT molecular complexity index is 1090. The van der Waals surface area contributed by atoms with Crippen molar-refractivity contribution in [1.29, 1.82) is 0 Å². The summed E-state index contributed by atoms with van der Waals surface area (Å²) in [5.74, 6) is -0.543. The number of aliphatic hydroxyl groups excluding tert-OH is 1. The van der Waals surface area contributed by atoms with Gasteiger partial charge in [-0.3, -0.25) is 0 Å². The van der Waals surface area contributed by atoms with Crippen molar-refractivity contribution in [2.45, 2.75) is 17.0 Å². The molecule has 3 heterocycles. The number of benzene rings is 2. The molecule has 0 fully saturated rings. The summed E-state index contributed by atoms with van der Waals surface area (Å²) in [6.45, 7) is 0. The van der Waals surface area contributed by atoms with Crippen LogP contribution in [0.5, 0.6) is 0 Å². The Balaban J connectivity index is 1.71. The molecule has 2 aliphatic heterocycles. The van der Waals surface area contributed by atoms with Gasteiger partial charge in [0.1, 0.15) is 0 Å². The molecule has 5 rings (SSSR count). The van der Waals surface area contributed by atoms with Gasteiger partial charge < -0.3 is 9.67 Å². The number of aliphatic hydroxyl groups is 1. The number of hydrogen-bond donors (Lipinski definition) is 1. The molecule has 0 aliphatic carbocycles. The van der Waals surface area contributed by atoms with E-state index in [4.69, 9.17) is 0 Å². The number of imidazole rings is 1. The smallest absolute Gasteiger partial charge is 0.179 e. The molecule has 2 aromatic carbocycles. The van der Waals surface area contributed by atoms with Gasteiger partial charge in [-0.05, 0) is 17.2 Å². The van der Waals surface area contributed by atoms with Crippen molar-refractivity contribution in [2.75, 3.05) is 5.75 Å². The van der Waals surface area contributed by atoms with Gasteiger partial charge in [-0.2, -0.15) is 0 Å². The Labute approximate surface area is 145 Å². The third-order valence-electron chi connectivity index (χ3n) is 5.32. The second-order valence-corrected chi connectivity index (χ2v) is 8.65. The molecule has 2 aliphatic rings. The molecule has 0 spiro atoms. The van der Waals surface area contributed by atoms with Crippen molar-refractivity contribution in [2.24, 2.45) is 5.92 Å². The molecule has 1 aromatic heterocycles. The lowest BCUT2D eigenvalue weighted by atomic mass is 9.86. The van der Waals surface area contributed by atoms with Crippen LogP contribution in [-0.2, 0) is 9.84 Å². The van der Waals surface area contributed by atoms with Crippen LogP contribution >= 0.6 is 0 Å². The quantitative estimate of drug-likeness (QED) is 0.731. The first-order chi connectivity index (χ1) is 12.1. The van der Waals surface area contributed by atoms with E-state index >= 15 is 0 Å². The number of nitrogens with zero attached hydrogens (tertiary/aromatic N) is 2. The van der Waals surface area contributed by atoms with Crippen LogP contribution < -0.4 is 0 Å². The van der Waals surface area contributed by atoms with Crippen molar-refractivity contribution in [3.63, 3.8) is 0 Å². The highest BCUT2D eigenvalue weighted by atomic mass is 32.2. The average Bonchev–Trinajstić information content (AvgIpc) is 3.19. The van der Waals surface area contributed by atoms with E-state index in [-0.39, 0.29) is 16.7 Å². The highest BCUT2D eigenvalue weighted by molar-refractivity contribution is 7.91. The molecule has 0 saturated carbocycles. The number of sulfone groups is 1. The molecular formula is C19H16N2O3S. The van der Waals surface area contributed by atoms with Crippen LogP contribution in [0.4, 0.5) is 0 Å². The van der Waals surface area contributed by atoms with E-state index in [1.807, 2.05) is 28.8 Å². The minimum Gasteiger partial charge on any atom is -0.388 e. The zero-order valence-electron chi connectivity index (χ0n) is 13.3. The molecule has 6 heteroatoms. The predicted octanol–water partition coefficient (Wildman–Crippen LogP) is 2.59. The Morgan fingerprint density at radius 1 is 1.04 bits per heavy atom. The van der Waals surface area contributed by atoms with E-state index < -0.39 is 21.9 Å². The largest absolute Gasteiger partial charge is 0.388 e. The molecule has 3 aromatic rings. The van der Waals surface area contributed by atoms with Gasteiger partial charge in [-0.25, -0.2) is 13.4 Å². The highest BCUT2D eigenvalue weighted by Gasteiger charge is 2.45. The van der Waals surface area contributed by atoms with Gasteiger partial charge in [0, 0.05) is 11.5 Å². The lowest BCUT2D eigenvalue weighted by Crippen LogP contribution is -2.35. The number of fused-ring (bicyclic) bond motifs is 4. The summed E-state index contributed by atoms with van der Waals surface area (Å²) in [7, 11) is -3.44. The third-order valence-corrected chi connectivity index (χ3v) is 7.18. The maximum Gasteiger partial charge on any atom is 0.179 e. The molecule has 3 unspecified atom stereocenters. The maximum absolute atomic E-state index is 12.8. The summed E-state index contributed by atoms with van der Waals surface area (Å²) in [5, 5.41) is 11.0. The number of aromatic nitrogens is 2.